The molecule has 1 aromatic heterocycles. The van der Waals surface area contributed by atoms with Crippen molar-refractivity contribution in [3.63, 3.8) is 0 Å². The van der Waals surface area contributed by atoms with E-state index in [1.165, 1.54) is 30.0 Å². The average Bonchev–Trinajstić information content (AvgIpc) is 3.14. The molecule has 0 radical (unpaired) electrons. The van der Waals surface area contributed by atoms with Gasteiger partial charge >= 0.3 is 0 Å². The van der Waals surface area contributed by atoms with Gasteiger partial charge in [-0.15, -0.1) is 0 Å². The summed E-state index contributed by atoms with van der Waals surface area (Å²) < 4.78 is 11.3. The first-order chi connectivity index (χ1) is 11.9. The van der Waals surface area contributed by atoms with Crippen LogP contribution < -0.4 is 10.1 Å². The van der Waals surface area contributed by atoms with Gasteiger partial charge < -0.3 is 14.5 Å². The highest BCUT2D eigenvalue weighted by Gasteiger charge is 2.01. The fourth-order valence-corrected chi connectivity index (χ4v) is 2.92. The first-order valence-electron chi connectivity index (χ1n) is 8.88. The maximum absolute atomic E-state index is 5.98. The Hall–Kier alpha value is -2.26. The van der Waals surface area contributed by atoms with E-state index >= 15 is 0 Å². The zero-order valence-corrected chi connectivity index (χ0v) is 14.1. The number of ether oxygens (including phenoxy) is 1. The Morgan fingerprint density at radius 3 is 2.62 bits per heavy atom. The molecule has 0 fully saturated rings. The Kier molecular flexibility index (Phi) is 6.32. The van der Waals surface area contributed by atoms with Crippen molar-refractivity contribution < 1.29 is 14.5 Å². The van der Waals surface area contributed by atoms with Crippen LogP contribution in [0.15, 0.2) is 65.3 Å². The molecule has 3 aromatic rings. The average molecular weight is 324 g/mol. The Morgan fingerprint density at radius 1 is 0.833 bits per heavy atom. The van der Waals surface area contributed by atoms with Gasteiger partial charge in [0.25, 0.3) is 0 Å². The Balaban J connectivity index is 1.27. The van der Waals surface area contributed by atoms with Crippen LogP contribution >= 0.6 is 0 Å². The third-order valence-electron chi connectivity index (χ3n) is 4.24. The van der Waals surface area contributed by atoms with Gasteiger partial charge in [-0.05, 0) is 49.3 Å². The molecule has 0 amide bonds. The quantitative estimate of drug-likeness (QED) is 0.569. The summed E-state index contributed by atoms with van der Waals surface area (Å²) >= 11 is 0. The number of hydrogen-bond donors (Lipinski definition) is 1. The van der Waals surface area contributed by atoms with E-state index in [0.29, 0.717) is 0 Å². The number of rotatable bonds is 10. The summed E-state index contributed by atoms with van der Waals surface area (Å²) in [6.45, 7) is 2.90. The summed E-state index contributed by atoms with van der Waals surface area (Å²) in [4.78, 5) is 0. The van der Waals surface area contributed by atoms with Crippen LogP contribution in [0.4, 0.5) is 0 Å². The number of hydrogen-bond acceptors (Lipinski definition) is 2. The summed E-state index contributed by atoms with van der Waals surface area (Å²) in [7, 11) is 0. The standard InChI is InChI=1S/C21H25NO2/c1(5-14-22-17-19-11-8-16-23-19)2-6-15-24-21-13-7-10-18-9-3-4-12-20(18)21/h3-4,7-13,16,22H,1-2,5-6,14-15,17H2/p+1. The molecule has 0 aliphatic rings. The van der Waals surface area contributed by atoms with E-state index in [9.17, 15) is 0 Å². The van der Waals surface area contributed by atoms with Crippen molar-refractivity contribution in [2.75, 3.05) is 13.2 Å². The maximum atomic E-state index is 5.98. The van der Waals surface area contributed by atoms with Gasteiger partial charge in [-0.3, -0.25) is 0 Å². The summed E-state index contributed by atoms with van der Waals surface area (Å²) in [5, 5.41) is 4.75. The number of benzene rings is 2. The molecule has 0 aliphatic carbocycles. The molecular weight excluding hydrogens is 298 g/mol. The van der Waals surface area contributed by atoms with Gasteiger partial charge in [-0.2, -0.15) is 0 Å². The van der Waals surface area contributed by atoms with E-state index in [0.717, 1.165) is 37.6 Å². The van der Waals surface area contributed by atoms with Crippen molar-refractivity contribution in [2.24, 2.45) is 0 Å². The van der Waals surface area contributed by atoms with Gasteiger partial charge in [0.1, 0.15) is 12.3 Å². The van der Waals surface area contributed by atoms with Crippen molar-refractivity contribution in [2.45, 2.75) is 32.2 Å². The molecular formula is C21H26NO2+. The van der Waals surface area contributed by atoms with Crippen molar-refractivity contribution >= 4 is 10.8 Å². The molecule has 0 spiro atoms. The number of quaternary nitrogens is 1. The smallest absolute Gasteiger partial charge is 0.157 e. The Morgan fingerprint density at radius 2 is 1.71 bits per heavy atom. The van der Waals surface area contributed by atoms with E-state index in [1.807, 2.05) is 12.1 Å². The topological polar surface area (TPSA) is 39.0 Å². The minimum Gasteiger partial charge on any atom is -0.493 e. The molecule has 0 bridgehead atoms. The minimum atomic E-state index is 0.796. The Labute approximate surface area is 143 Å². The number of nitrogens with two attached hydrogens (primary N) is 1. The largest absolute Gasteiger partial charge is 0.493 e. The first kappa shape index (κ1) is 16.6. The van der Waals surface area contributed by atoms with Gasteiger partial charge in [0.05, 0.1) is 19.4 Å². The summed E-state index contributed by atoms with van der Waals surface area (Å²) in [6.07, 6.45) is 6.57. The predicted octanol–water partition coefficient (Wildman–Crippen LogP) is 4.14. The van der Waals surface area contributed by atoms with Crippen LogP contribution in [-0.4, -0.2) is 13.2 Å². The molecule has 0 saturated carbocycles. The van der Waals surface area contributed by atoms with E-state index in [1.54, 1.807) is 6.26 Å². The van der Waals surface area contributed by atoms with Crippen molar-refractivity contribution in [1.82, 2.24) is 0 Å². The lowest BCUT2D eigenvalue weighted by Crippen LogP contribution is -2.82. The lowest BCUT2D eigenvalue weighted by molar-refractivity contribution is -0.672. The fourth-order valence-electron chi connectivity index (χ4n) is 2.92. The van der Waals surface area contributed by atoms with Crippen molar-refractivity contribution in [1.29, 1.82) is 0 Å². The zero-order chi connectivity index (χ0) is 16.5. The molecule has 3 nitrogen and oxygen atoms in total. The summed E-state index contributed by atoms with van der Waals surface area (Å²) in [5.41, 5.74) is 0. The normalized spacial score (nSPS) is 11.0. The molecule has 1 heterocycles. The van der Waals surface area contributed by atoms with Crippen LogP contribution in [-0.2, 0) is 6.54 Å². The molecule has 2 N–H and O–H groups in total. The molecule has 3 heteroatoms. The van der Waals surface area contributed by atoms with Crippen LogP contribution in [0.5, 0.6) is 5.75 Å². The van der Waals surface area contributed by atoms with E-state index in [2.05, 4.69) is 47.8 Å². The van der Waals surface area contributed by atoms with Gasteiger partial charge in [0, 0.05) is 5.39 Å². The second kappa shape index (κ2) is 9.14. The first-order valence-corrected chi connectivity index (χ1v) is 8.88. The number of furan rings is 1. The molecule has 0 atom stereocenters. The highest BCUT2D eigenvalue weighted by atomic mass is 16.5. The van der Waals surface area contributed by atoms with Crippen LogP contribution in [0.2, 0.25) is 0 Å². The summed E-state index contributed by atoms with van der Waals surface area (Å²) in [6, 6.07) is 18.6. The van der Waals surface area contributed by atoms with E-state index in [4.69, 9.17) is 9.15 Å². The monoisotopic (exact) mass is 324 g/mol. The fraction of sp³-hybridized carbons (Fsp3) is 0.333. The second-order valence-corrected chi connectivity index (χ2v) is 6.10. The molecule has 0 unspecified atom stereocenters. The number of unbranched alkanes of at least 4 members (excludes halogenated alkanes) is 3. The van der Waals surface area contributed by atoms with Gasteiger partial charge in [0.15, 0.2) is 5.76 Å². The van der Waals surface area contributed by atoms with E-state index in [-0.39, 0.29) is 0 Å². The molecule has 3 rings (SSSR count). The minimum absolute atomic E-state index is 0.796. The molecule has 0 aliphatic heterocycles. The zero-order valence-electron chi connectivity index (χ0n) is 14.1. The Bertz CT molecular complexity index is 716. The third kappa shape index (κ3) is 4.87. The summed E-state index contributed by atoms with van der Waals surface area (Å²) in [5.74, 6) is 2.05. The molecule has 0 saturated heterocycles. The van der Waals surface area contributed by atoms with Crippen molar-refractivity contribution in [3.05, 3.63) is 66.6 Å². The molecule has 24 heavy (non-hydrogen) atoms. The van der Waals surface area contributed by atoms with Gasteiger partial charge in [0.2, 0.25) is 0 Å². The number of fused-ring (bicyclic) bond motifs is 1. The highest BCUT2D eigenvalue weighted by Crippen LogP contribution is 2.25. The van der Waals surface area contributed by atoms with E-state index < -0.39 is 0 Å². The van der Waals surface area contributed by atoms with Crippen LogP contribution in [0.1, 0.15) is 31.4 Å². The van der Waals surface area contributed by atoms with Crippen LogP contribution in [0, 0.1) is 0 Å². The van der Waals surface area contributed by atoms with Crippen LogP contribution in [0.25, 0.3) is 10.8 Å². The highest BCUT2D eigenvalue weighted by molar-refractivity contribution is 5.88. The third-order valence-corrected chi connectivity index (χ3v) is 4.24. The SMILES string of the molecule is c1coc(C[NH2+]CCCCCCOc2cccc3ccccc23)c1. The van der Waals surface area contributed by atoms with Crippen LogP contribution in [0.3, 0.4) is 0 Å². The van der Waals surface area contributed by atoms with Crippen molar-refractivity contribution in [3.8, 4) is 5.75 Å². The predicted molar refractivity (Wildman–Crippen MR) is 97.1 cm³/mol. The second-order valence-electron chi connectivity index (χ2n) is 6.10. The maximum Gasteiger partial charge on any atom is 0.157 e. The van der Waals surface area contributed by atoms with Gasteiger partial charge in [-0.25, -0.2) is 0 Å². The van der Waals surface area contributed by atoms with Gasteiger partial charge in [-0.1, -0.05) is 36.4 Å². The molecule has 2 aromatic carbocycles. The lowest BCUT2D eigenvalue weighted by Gasteiger charge is -2.09. The molecule has 126 valence electrons. The lowest BCUT2D eigenvalue weighted by atomic mass is 10.1.